The Balaban J connectivity index is 1.92. The Hall–Kier alpha value is -1.04. The van der Waals surface area contributed by atoms with Gasteiger partial charge in [-0.25, -0.2) is 0 Å². The second-order valence-corrected chi connectivity index (χ2v) is 6.54. The van der Waals surface area contributed by atoms with Crippen molar-refractivity contribution in [2.24, 2.45) is 0 Å². The summed E-state index contributed by atoms with van der Waals surface area (Å²) >= 11 is 6.88. The monoisotopic (exact) mass is 412 g/mol. The fourth-order valence-electron chi connectivity index (χ4n) is 2.22. The summed E-state index contributed by atoms with van der Waals surface area (Å²) in [6, 6.07) is 11.3. The molecule has 0 amide bonds. The first kappa shape index (κ1) is 14.9. The molecule has 5 heteroatoms. The first-order valence-corrected chi connectivity index (χ1v) is 8.26. The van der Waals surface area contributed by atoms with Crippen LogP contribution in [0, 0.1) is 0 Å². The highest BCUT2D eigenvalue weighted by atomic mass is 79.9. The second kappa shape index (κ2) is 6.38. The Labute approximate surface area is 140 Å². The Kier molecular flexibility index (Phi) is 4.52. The number of ether oxygens (including phenoxy) is 2. The van der Waals surface area contributed by atoms with Gasteiger partial charge in [-0.15, -0.1) is 0 Å². The number of hydrogen-bond donors (Lipinski definition) is 1. The van der Waals surface area contributed by atoms with Crippen LogP contribution in [0.5, 0.6) is 11.5 Å². The molecule has 1 aliphatic rings. The largest absolute Gasteiger partial charge is 0.490 e. The summed E-state index contributed by atoms with van der Waals surface area (Å²) in [4.78, 5) is 0. The Morgan fingerprint density at radius 1 is 0.857 bits per heavy atom. The molecule has 3 rings (SSSR count). The van der Waals surface area contributed by atoms with Crippen LogP contribution in [0.1, 0.15) is 23.7 Å². The van der Waals surface area contributed by atoms with Crippen LogP contribution in [0.2, 0.25) is 0 Å². The molecule has 2 aromatic carbocycles. The van der Waals surface area contributed by atoms with Crippen LogP contribution in [-0.4, -0.2) is 18.3 Å². The number of fused-ring (bicyclic) bond motifs is 1. The first-order valence-electron chi connectivity index (χ1n) is 6.68. The summed E-state index contributed by atoms with van der Waals surface area (Å²) in [5.74, 6) is 1.43. The quantitative estimate of drug-likeness (QED) is 0.790. The predicted molar refractivity (Wildman–Crippen MR) is 88.0 cm³/mol. The maximum Gasteiger partial charge on any atom is 0.161 e. The molecule has 1 aliphatic heterocycles. The SMILES string of the molecule is OC(c1ccc(Br)c(Br)c1)c1ccc2c(c1)OCCCO2. The molecule has 0 saturated heterocycles. The van der Waals surface area contributed by atoms with E-state index < -0.39 is 6.10 Å². The molecule has 0 fully saturated rings. The fraction of sp³-hybridized carbons (Fsp3) is 0.250. The van der Waals surface area contributed by atoms with Gasteiger partial charge in [-0.1, -0.05) is 12.1 Å². The summed E-state index contributed by atoms with van der Waals surface area (Å²) in [5, 5.41) is 10.5. The molecule has 3 nitrogen and oxygen atoms in total. The van der Waals surface area contributed by atoms with Gasteiger partial charge in [0.15, 0.2) is 11.5 Å². The normalized spacial score (nSPS) is 15.4. The van der Waals surface area contributed by atoms with Gasteiger partial charge in [0, 0.05) is 15.4 Å². The molecule has 1 unspecified atom stereocenters. The third kappa shape index (κ3) is 3.25. The van der Waals surface area contributed by atoms with Crippen molar-refractivity contribution in [2.45, 2.75) is 12.5 Å². The molecule has 0 bridgehead atoms. The molecule has 1 N–H and O–H groups in total. The zero-order chi connectivity index (χ0) is 14.8. The van der Waals surface area contributed by atoms with Crippen LogP contribution in [0.4, 0.5) is 0 Å². The van der Waals surface area contributed by atoms with E-state index in [1.54, 1.807) is 0 Å². The number of benzene rings is 2. The summed E-state index contributed by atoms with van der Waals surface area (Å²) in [6.45, 7) is 1.30. The van der Waals surface area contributed by atoms with E-state index >= 15 is 0 Å². The van der Waals surface area contributed by atoms with E-state index in [9.17, 15) is 5.11 Å². The lowest BCUT2D eigenvalue weighted by molar-refractivity contribution is 0.219. The van der Waals surface area contributed by atoms with Crippen molar-refractivity contribution in [2.75, 3.05) is 13.2 Å². The molecule has 21 heavy (non-hydrogen) atoms. The zero-order valence-electron chi connectivity index (χ0n) is 11.2. The van der Waals surface area contributed by atoms with Crippen molar-refractivity contribution in [3.05, 3.63) is 56.5 Å². The summed E-state index contributed by atoms with van der Waals surface area (Å²) in [6.07, 6.45) is 0.165. The fourth-order valence-corrected chi connectivity index (χ4v) is 2.87. The average Bonchev–Trinajstić information content (AvgIpc) is 2.73. The van der Waals surface area contributed by atoms with Crippen LogP contribution in [-0.2, 0) is 0 Å². The van der Waals surface area contributed by atoms with Gasteiger partial charge in [0.1, 0.15) is 6.10 Å². The Morgan fingerprint density at radius 2 is 1.52 bits per heavy atom. The van der Waals surface area contributed by atoms with Gasteiger partial charge in [0.05, 0.1) is 13.2 Å². The molecule has 0 spiro atoms. The van der Waals surface area contributed by atoms with Crippen LogP contribution in [0.15, 0.2) is 45.3 Å². The summed E-state index contributed by atoms with van der Waals surface area (Å²) < 4.78 is 13.1. The minimum Gasteiger partial charge on any atom is -0.490 e. The van der Waals surface area contributed by atoms with Gasteiger partial charge in [-0.3, -0.25) is 0 Å². The standard InChI is InChI=1S/C16H14Br2O3/c17-12-4-2-10(8-13(12)18)16(19)11-3-5-14-15(9-11)21-7-1-6-20-14/h2-5,8-9,16,19H,1,6-7H2. The maximum atomic E-state index is 10.5. The predicted octanol–water partition coefficient (Wildman–Crippen LogP) is 4.45. The van der Waals surface area contributed by atoms with Crippen LogP contribution >= 0.6 is 31.9 Å². The number of hydrogen-bond acceptors (Lipinski definition) is 3. The molecule has 1 atom stereocenters. The minimum absolute atomic E-state index is 0.635. The van der Waals surface area contributed by atoms with Crippen LogP contribution in [0.3, 0.4) is 0 Å². The second-order valence-electron chi connectivity index (χ2n) is 4.83. The van der Waals surface area contributed by atoms with Crippen molar-refractivity contribution < 1.29 is 14.6 Å². The number of rotatable bonds is 2. The van der Waals surface area contributed by atoms with E-state index in [2.05, 4.69) is 31.9 Å². The number of halogens is 2. The van der Waals surface area contributed by atoms with Gasteiger partial charge >= 0.3 is 0 Å². The topological polar surface area (TPSA) is 38.7 Å². The van der Waals surface area contributed by atoms with Crippen molar-refractivity contribution in [3.63, 3.8) is 0 Å². The lowest BCUT2D eigenvalue weighted by Gasteiger charge is -2.15. The molecule has 0 aliphatic carbocycles. The van der Waals surface area contributed by atoms with Gasteiger partial charge < -0.3 is 14.6 Å². The smallest absolute Gasteiger partial charge is 0.161 e. The van der Waals surface area contributed by atoms with E-state index in [1.807, 2.05) is 36.4 Å². The number of aliphatic hydroxyl groups is 1. The van der Waals surface area contributed by atoms with Crippen LogP contribution in [0.25, 0.3) is 0 Å². The lowest BCUT2D eigenvalue weighted by Crippen LogP contribution is -2.01. The molecule has 1 heterocycles. The third-order valence-electron chi connectivity index (χ3n) is 3.35. The van der Waals surface area contributed by atoms with E-state index in [1.165, 1.54) is 0 Å². The zero-order valence-corrected chi connectivity index (χ0v) is 14.4. The van der Waals surface area contributed by atoms with Gasteiger partial charge in [-0.05, 0) is 67.3 Å². The molecule has 0 radical (unpaired) electrons. The average molecular weight is 414 g/mol. The third-order valence-corrected chi connectivity index (χ3v) is 5.23. The molecule has 110 valence electrons. The highest BCUT2D eigenvalue weighted by molar-refractivity contribution is 9.13. The minimum atomic E-state index is -0.702. The summed E-state index contributed by atoms with van der Waals surface area (Å²) in [7, 11) is 0. The van der Waals surface area contributed by atoms with Crippen LogP contribution < -0.4 is 9.47 Å². The Morgan fingerprint density at radius 3 is 2.29 bits per heavy atom. The highest BCUT2D eigenvalue weighted by Gasteiger charge is 2.16. The molecular formula is C16H14Br2O3. The molecule has 0 saturated carbocycles. The van der Waals surface area contributed by atoms with E-state index in [-0.39, 0.29) is 0 Å². The van der Waals surface area contributed by atoms with Gasteiger partial charge in [-0.2, -0.15) is 0 Å². The highest BCUT2D eigenvalue weighted by Crippen LogP contribution is 2.35. The van der Waals surface area contributed by atoms with Gasteiger partial charge in [0.25, 0.3) is 0 Å². The Bertz CT molecular complexity index is 658. The van der Waals surface area contributed by atoms with E-state index in [4.69, 9.17) is 9.47 Å². The molecular weight excluding hydrogens is 400 g/mol. The van der Waals surface area contributed by atoms with Gasteiger partial charge in [0.2, 0.25) is 0 Å². The molecule has 0 aromatic heterocycles. The molecule has 2 aromatic rings. The lowest BCUT2D eigenvalue weighted by atomic mass is 10.0. The van der Waals surface area contributed by atoms with Crippen molar-refractivity contribution in [3.8, 4) is 11.5 Å². The van der Waals surface area contributed by atoms with E-state index in [0.717, 1.165) is 32.2 Å². The number of aliphatic hydroxyl groups excluding tert-OH is 1. The summed E-state index contributed by atoms with van der Waals surface area (Å²) in [5.41, 5.74) is 1.60. The van der Waals surface area contributed by atoms with E-state index in [0.29, 0.717) is 19.0 Å². The maximum absolute atomic E-state index is 10.5. The first-order chi connectivity index (χ1) is 10.1. The van der Waals surface area contributed by atoms with Crippen molar-refractivity contribution in [1.29, 1.82) is 0 Å². The van der Waals surface area contributed by atoms with Crippen molar-refractivity contribution in [1.82, 2.24) is 0 Å². The van der Waals surface area contributed by atoms with Crippen molar-refractivity contribution >= 4 is 31.9 Å².